The van der Waals surface area contributed by atoms with Crippen LogP contribution < -0.4 is 0 Å². The Bertz CT molecular complexity index is 92.9. The van der Waals surface area contributed by atoms with Crippen molar-refractivity contribution in [2.75, 3.05) is 7.05 Å². The van der Waals surface area contributed by atoms with Crippen molar-refractivity contribution in [2.24, 2.45) is 0 Å². The Balaban J connectivity index is 3.55. The van der Waals surface area contributed by atoms with Gasteiger partial charge >= 0.3 is 0 Å². The Hall–Kier alpha value is -0.350. The fraction of sp³-hybridized carbons (Fsp3) is 0.333. The first-order valence-electron chi connectivity index (χ1n) is 1.63. The monoisotopic (exact) mass is 120 g/mol. The maximum atomic E-state index is 9.78. The van der Waals surface area contributed by atoms with Gasteiger partial charge < -0.3 is 8.86 Å². The van der Waals surface area contributed by atoms with Crippen LogP contribution in [0.1, 0.15) is 0 Å². The van der Waals surface area contributed by atoms with Crippen LogP contribution in [0.2, 0.25) is 0 Å². The Labute approximate surface area is 45.1 Å². The molecule has 0 saturated carbocycles. The average molecular weight is 120 g/mol. The predicted octanol–water partition coefficient (Wildman–Crippen LogP) is -0.144. The Morgan fingerprint density at radius 1 is 2.00 bits per heavy atom. The minimum Gasteiger partial charge on any atom is -0.755 e. The topological polar surface area (TPSA) is 43.4 Å². The summed E-state index contributed by atoms with van der Waals surface area (Å²) in [5, 5.41) is 0. The Morgan fingerprint density at radius 2 is 2.43 bits per heavy atom. The summed E-state index contributed by atoms with van der Waals surface area (Å²) >= 11 is -2.15. The molecule has 0 saturated heterocycles. The van der Waals surface area contributed by atoms with Crippen molar-refractivity contribution < 1.29 is 8.76 Å². The van der Waals surface area contributed by atoms with Crippen LogP contribution >= 0.6 is 0 Å². The lowest BCUT2D eigenvalue weighted by atomic mass is 11.0. The van der Waals surface area contributed by atoms with E-state index < -0.39 is 11.3 Å². The Morgan fingerprint density at radius 3 is 2.43 bits per heavy atom. The average Bonchev–Trinajstić information content (AvgIpc) is 1.65. The Kier molecular flexibility index (Phi) is 2.62. The van der Waals surface area contributed by atoms with Crippen LogP contribution in [0.15, 0.2) is 12.8 Å². The van der Waals surface area contributed by atoms with Crippen molar-refractivity contribution in [1.82, 2.24) is 4.31 Å². The third-order valence-electron chi connectivity index (χ3n) is 0.492. The van der Waals surface area contributed by atoms with Gasteiger partial charge in [-0.15, -0.1) is 0 Å². The summed E-state index contributed by atoms with van der Waals surface area (Å²) in [5.41, 5.74) is 0. The van der Waals surface area contributed by atoms with E-state index in [0.717, 1.165) is 4.31 Å². The summed E-state index contributed by atoms with van der Waals surface area (Å²) in [6.07, 6.45) is 1.21. The van der Waals surface area contributed by atoms with Crippen molar-refractivity contribution in [3.05, 3.63) is 12.8 Å². The second kappa shape index (κ2) is 2.76. The van der Waals surface area contributed by atoms with Crippen molar-refractivity contribution in [1.29, 1.82) is 0 Å². The van der Waals surface area contributed by atoms with E-state index in [4.69, 9.17) is 0 Å². The van der Waals surface area contributed by atoms with E-state index in [1.165, 1.54) is 13.2 Å². The van der Waals surface area contributed by atoms with Gasteiger partial charge in [0.05, 0.1) is 0 Å². The molecule has 0 bridgehead atoms. The van der Waals surface area contributed by atoms with Crippen molar-refractivity contribution in [2.45, 2.75) is 0 Å². The van der Waals surface area contributed by atoms with Crippen LogP contribution in [0.4, 0.5) is 0 Å². The minimum absolute atomic E-state index is 0.972. The van der Waals surface area contributed by atoms with Crippen LogP contribution in [0.25, 0.3) is 0 Å². The summed E-state index contributed by atoms with van der Waals surface area (Å²) in [5.74, 6) is 0. The molecule has 4 heteroatoms. The van der Waals surface area contributed by atoms with Crippen molar-refractivity contribution >= 4 is 11.3 Å². The summed E-state index contributed by atoms with van der Waals surface area (Å²) < 4.78 is 20.5. The number of hydrogen-bond acceptors (Lipinski definition) is 2. The van der Waals surface area contributed by atoms with E-state index in [2.05, 4.69) is 6.58 Å². The first-order valence-corrected chi connectivity index (χ1v) is 2.66. The normalized spacial score (nSPS) is 12.9. The van der Waals surface area contributed by atoms with E-state index in [1.807, 2.05) is 0 Å². The van der Waals surface area contributed by atoms with Gasteiger partial charge in [-0.2, -0.15) is 0 Å². The van der Waals surface area contributed by atoms with Gasteiger partial charge in [0.25, 0.3) is 0 Å². The lowest BCUT2D eigenvalue weighted by Crippen LogP contribution is -2.11. The molecule has 42 valence electrons. The highest BCUT2D eigenvalue weighted by molar-refractivity contribution is 7.76. The van der Waals surface area contributed by atoms with E-state index >= 15 is 0 Å². The summed E-state index contributed by atoms with van der Waals surface area (Å²) in [7, 11) is 1.40. The first-order chi connectivity index (χ1) is 3.18. The molecule has 0 heterocycles. The maximum Gasteiger partial charge on any atom is 0.0466 e. The molecule has 0 aliphatic heterocycles. The van der Waals surface area contributed by atoms with Crippen LogP contribution in [0.5, 0.6) is 0 Å². The summed E-state index contributed by atoms with van der Waals surface area (Å²) in [6, 6.07) is 0. The van der Waals surface area contributed by atoms with Crippen molar-refractivity contribution in [3.8, 4) is 0 Å². The number of rotatable bonds is 2. The van der Waals surface area contributed by atoms with Gasteiger partial charge in [-0.1, -0.05) is 6.58 Å². The van der Waals surface area contributed by atoms with E-state index in [0.29, 0.717) is 0 Å². The lowest BCUT2D eigenvalue weighted by molar-refractivity contribution is 0.485. The third kappa shape index (κ3) is 2.36. The van der Waals surface area contributed by atoms with Gasteiger partial charge in [0, 0.05) is 24.5 Å². The predicted molar refractivity (Wildman–Crippen MR) is 26.9 cm³/mol. The highest BCUT2D eigenvalue weighted by atomic mass is 32.2. The summed E-state index contributed by atoms with van der Waals surface area (Å²) in [6.45, 7) is 3.21. The maximum absolute atomic E-state index is 9.78. The molecular formula is C3H6NO2S-. The van der Waals surface area contributed by atoms with Gasteiger partial charge in [0.15, 0.2) is 0 Å². The van der Waals surface area contributed by atoms with Gasteiger partial charge in [-0.05, 0) is 0 Å². The number of nitrogens with zero attached hydrogens (tertiary/aromatic N) is 1. The molecular weight excluding hydrogens is 114 g/mol. The second-order valence-corrected chi connectivity index (χ2v) is 1.96. The van der Waals surface area contributed by atoms with Gasteiger partial charge in [-0.3, -0.25) is 4.21 Å². The van der Waals surface area contributed by atoms with E-state index in [-0.39, 0.29) is 0 Å². The third-order valence-corrected chi connectivity index (χ3v) is 1.11. The largest absolute Gasteiger partial charge is 0.755 e. The molecule has 3 nitrogen and oxygen atoms in total. The molecule has 0 N–H and O–H groups in total. The quantitative estimate of drug-likeness (QED) is 0.476. The molecule has 7 heavy (non-hydrogen) atoms. The standard InChI is InChI=1S/C3H7NO2S/c1-3-4(2)7(5)6/h3H,1H2,2H3,(H,5,6)/p-1. The highest BCUT2D eigenvalue weighted by Gasteiger charge is 1.80. The molecule has 1 atom stereocenters. The van der Waals surface area contributed by atoms with E-state index in [1.54, 1.807) is 0 Å². The SMILES string of the molecule is C=CN(C)S(=O)[O-]. The molecule has 0 aromatic rings. The molecule has 0 spiro atoms. The molecule has 0 aromatic heterocycles. The molecule has 0 aliphatic carbocycles. The first kappa shape index (κ1) is 6.65. The van der Waals surface area contributed by atoms with E-state index in [9.17, 15) is 8.76 Å². The highest BCUT2D eigenvalue weighted by Crippen LogP contribution is 1.81. The van der Waals surface area contributed by atoms with Crippen molar-refractivity contribution in [3.63, 3.8) is 0 Å². The smallest absolute Gasteiger partial charge is 0.0466 e. The van der Waals surface area contributed by atoms with Crippen LogP contribution in [0.3, 0.4) is 0 Å². The molecule has 0 amide bonds. The molecule has 0 radical (unpaired) electrons. The zero-order chi connectivity index (χ0) is 5.86. The van der Waals surface area contributed by atoms with Crippen LogP contribution in [-0.4, -0.2) is 20.1 Å². The number of hydrogen-bond donors (Lipinski definition) is 0. The lowest BCUT2D eigenvalue weighted by Gasteiger charge is -2.14. The fourth-order valence-corrected chi connectivity index (χ4v) is 0.183. The van der Waals surface area contributed by atoms with Crippen LogP contribution in [0, 0.1) is 0 Å². The molecule has 0 rings (SSSR count). The fourth-order valence-electron chi connectivity index (χ4n) is 0.0609. The van der Waals surface area contributed by atoms with Crippen LogP contribution in [-0.2, 0) is 11.3 Å². The second-order valence-electron chi connectivity index (χ2n) is 0.946. The zero-order valence-electron chi connectivity index (χ0n) is 3.96. The van der Waals surface area contributed by atoms with Gasteiger partial charge in [0.1, 0.15) is 0 Å². The van der Waals surface area contributed by atoms with Gasteiger partial charge in [-0.25, -0.2) is 0 Å². The minimum atomic E-state index is -2.15. The summed E-state index contributed by atoms with van der Waals surface area (Å²) in [4.78, 5) is 0. The molecule has 0 fully saturated rings. The molecule has 0 aromatic carbocycles. The molecule has 0 aliphatic rings. The molecule has 1 unspecified atom stereocenters. The van der Waals surface area contributed by atoms with Gasteiger partial charge in [0.2, 0.25) is 0 Å². The zero-order valence-corrected chi connectivity index (χ0v) is 4.77.